The number of hydrogen-bond donors (Lipinski definition) is 1. The third-order valence-electron chi connectivity index (χ3n) is 2.39. The van der Waals surface area contributed by atoms with Crippen molar-refractivity contribution in [2.24, 2.45) is 7.05 Å². The minimum atomic E-state index is -0.306. The van der Waals surface area contributed by atoms with E-state index in [-0.39, 0.29) is 12.4 Å². The molecule has 19 heavy (non-hydrogen) atoms. The number of aliphatic hydroxyl groups excluding tert-OH is 1. The van der Waals surface area contributed by atoms with E-state index in [1.54, 1.807) is 23.9 Å². The number of aliphatic hydroxyl groups is 1. The van der Waals surface area contributed by atoms with Crippen LogP contribution in [-0.2, 0) is 12.8 Å². The molecule has 0 atom stereocenters. The highest BCUT2D eigenvalue weighted by molar-refractivity contribution is 7.98. The van der Waals surface area contributed by atoms with Gasteiger partial charge in [0.05, 0.1) is 0 Å². The van der Waals surface area contributed by atoms with E-state index < -0.39 is 0 Å². The molecule has 0 saturated carbocycles. The molecule has 0 aliphatic carbocycles. The molecule has 2 aromatic rings. The maximum Gasteiger partial charge on any atom is 0.186 e. The van der Waals surface area contributed by atoms with E-state index in [0.29, 0.717) is 16.9 Å². The largest absolute Gasteiger partial charge is 0.384 e. The van der Waals surface area contributed by atoms with Gasteiger partial charge in [0.1, 0.15) is 18.8 Å². The number of hydrogen-bond acceptors (Lipinski definition) is 4. The Kier molecular flexibility index (Phi) is 4.55. The highest BCUT2D eigenvalue weighted by Gasteiger charge is 2.06. The van der Waals surface area contributed by atoms with Crippen LogP contribution in [0.5, 0.6) is 0 Å². The van der Waals surface area contributed by atoms with Crippen LogP contribution in [0.3, 0.4) is 0 Å². The zero-order chi connectivity index (χ0) is 13.7. The maximum absolute atomic E-state index is 13.8. The van der Waals surface area contributed by atoms with Gasteiger partial charge in [-0.05, 0) is 17.7 Å². The zero-order valence-corrected chi connectivity index (χ0v) is 11.1. The molecule has 1 heterocycles. The predicted octanol–water partition coefficient (Wildman–Crippen LogP) is 1.59. The monoisotopic (exact) mass is 277 g/mol. The van der Waals surface area contributed by atoms with Gasteiger partial charge >= 0.3 is 0 Å². The molecule has 0 fully saturated rings. The molecule has 6 heteroatoms. The van der Waals surface area contributed by atoms with Gasteiger partial charge in [-0.15, -0.1) is 0 Å². The lowest BCUT2D eigenvalue weighted by Crippen LogP contribution is -1.94. The van der Waals surface area contributed by atoms with Gasteiger partial charge in [-0.25, -0.2) is 14.1 Å². The molecule has 1 aromatic heterocycles. The summed E-state index contributed by atoms with van der Waals surface area (Å²) in [6, 6.07) is 4.80. The summed E-state index contributed by atoms with van der Waals surface area (Å²) in [5.41, 5.74) is 1.14. The van der Waals surface area contributed by atoms with Gasteiger partial charge in [0.2, 0.25) is 0 Å². The number of aromatic nitrogens is 3. The number of rotatable bonds is 3. The second-order valence-electron chi connectivity index (χ2n) is 3.72. The van der Waals surface area contributed by atoms with Crippen LogP contribution in [-0.4, -0.2) is 26.5 Å². The molecule has 2 rings (SSSR count). The Bertz CT molecular complexity index is 630. The normalized spacial score (nSPS) is 10.1. The lowest BCUT2D eigenvalue weighted by atomic mass is 10.1. The average molecular weight is 277 g/mol. The van der Waals surface area contributed by atoms with Gasteiger partial charge in [0, 0.05) is 18.4 Å². The maximum atomic E-state index is 13.8. The first-order valence-corrected chi connectivity index (χ1v) is 6.54. The molecule has 0 aliphatic heterocycles. The zero-order valence-electron chi connectivity index (χ0n) is 10.3. The van der Waals surface area contributed by atoms with E-state index in [2.05, 4.69) is 21.9 Å². The van der Waals surface area contributed by atoms with Gasteiger partial charge < -0.3 is 5.11 Å². The van der Waals surface area contributed by atoms with Crippen molar-refractivity contribution in [2.45, 2.75) is 10.9 Å². The summed E-state index contributed by atoms with van der Waals surface area (Å²) in [5.74, 6) is 5.33. The first-order chi connectivity index (χ1) is 9.20. The van der Waals surface area contributed by atoms with Crippen molar-refractivity contribution in [2.75, 3.05) is 6.61 Å². The molecular weight excluding hydrogens is 265 g/mol. The fourth-order valence-corrected chi connectivity index (χ4v) is 2.32. The molecule has 0 spiro atoms. The lowest BCUT2D eigenvalue weighted by Gasteiger charge is -2.03. The minimum Gasteiger partial charge on any atom is -0.384 e. The quantitative estimate of drug-likeness (QED) is 0.684. The van der Waals surface area contributed by atoms with Crippen LogP contribution in [0.2, 0.25) is 0 Å². The molecule has 0 radical (unpaired) electrons. The molecule has 4 nitrogen and oxygen atoms in total. The summed E-state index contributed by atoms with van der Waals surface area (Å²) in [6.07, 6.45) is 1.46. The van der Waals surface area contributed by atoms with E-state index in [0.717, 1.165) is 5.16 Å². The highest BCUT2D eigenvalue weighted by Crippen LogP contribution is 2.22. The van der Waals surface area contributed by atoms with Crippen LogP contribution >= 0.6 is 11.8 Å². The van der Waals surface area contributed by atoms with Crippen LogP contribution in [0.1, 0.15) is 11.1 Å². The Labute approximate surface area is 114 Å². The number of benzene rings is 1. The third kappa shape index (κ3) is 3.56. The standard InChI is InChI=1S/C13H12FN3OS/c1-17-13(15-9-16-17)19-8-11-5-4-10(3-2-6-18)7-12(11)14/h4-5,7,9,18H,6,8H2,1H3. The van der Waals surface area contributed by atoms with Crippen LogP contribution in [0.15, 0.2) is 29.7 Å². The van der Waals surface area contributed by atoms with Gasteiger partial charge in [0.25, 0.3) is 0 Å². The van der Waals surface area contributed by atoms with E-state index in [9.17, 15) is 4.39 Å². The summed E-state index contributed by atoms with van der Waals surface area (Å²) in [7, 11) is 1.79. The summed E-state index contributed by atoms with van der Waals surface area (Å²) in [4.78, 5) is 4.06. The van der Waals surface area contributed by atoms with E-state index >= 15 is 0 Å². The van der Waals surface area contributed by atoms with E-state index in [4.69, 9.17) is 5.11 Å². The Morgan fingerprint density at radius 3 is 2.95 bits per heavy atom. The molecule has 98 valence electrons. The fraction of sp³-hybridized carbons (Fsp3) is 0.231. The fourth-order valence-electron chi connectivity index (χ4n) is 1.44. The van der Waals surface area contributed by atoms with E-state index in [1.165, 1.54) is 24.2 Å². The minimum absolute atomic E-state index is 0.231. The summed E-state index contributed by atoms with van der Waals surface area (Å²) in [6.45, 7) is -0.231. The van der Waals surface area contributed by atoms with Crippen molar-refractivity contribution < 1.29 is 9.50 Å². The van der Waals surface area contributed by atoms with Crippen molar-refractivity contribution in [1.29, 1.82) is 0 Å². The molecule has 1 N–H and O–H groups in total. The molecule has 0 amide bonds. The molecule has 1 aromatic carbocycles. The molecule has 0 saturated heterocycles. The van der Waals surface area contributed by atoms with Crippen molar-refractivity contribution in [3.05, 3.63) is 41.5 Å². The summed E-state index contributed by atoms with van der Waals surface area (Å²) in [5, 5.41) is 13.3. The molecule has 0 unspecified atom stereocenters. The van der Waals surface area contributed by atoms with Gasteiger partial charge in [-0.1, -0.05) is 29.7 Å². The van der Waals surface area contributed by atoms with Gasteiger partial charge in [0.15, 0.2) is 5.16 Å². The Hall–Kier alpha value is -1.84. The number of halogens is 1. The number of thioether (sulfide) groups is 1. The van der Waals surface area contributed by atoms with Crippen LogP contribution < -0.4 is 0 Å². The van der Waals surface area contributed by atoms with Crippen molar-refractivity contribution in [3.8, 4) is 11.8 Å². The van der Waals surface area contributed by atoms with Crippen molar-refractivity contribution >= 4 is 11.8 Å². The van der Waals surface area contributed by atoms with Gasteiger partial charge in [-0.2, -0.15) is 5.10 Å². The SMILES string of the molecule is Cn1ncnc1SCc1ccc(C#CCO)cc1F. The molecule has 0 bridgehead atoms. The Morgan fingerprint density at radius 1 is 1.47 bits per heavy atom. The topological polar surface area (TPSA) is 50.9 Å². The number of nitrogens with zero attached hydrogens (tertiary/aromatic N) is 3. The van der Waals surface area contributed by atoms with E-state index in [1.807, 2.05) is 0 Å². The average Bonchev–Trinajstić information content (AvgIpc) is 2.81. The Balaban J connectivity index is 2.07. The summed E-state index contributed by atoms with van der Waals surface area (Å²) >= 11 is 1.42. The lowest BCUT2D eigenvalue weighted by molar-refractivity contribution is 0.350. The van der Waals surface area contributed by atoms with Crippen LogP contribution in [0.25, 0.3) is 0 Å². The van der Waals surface area contributed by atoms with Crippen LogP contribution in [0, 0.1) is 17.7 Å². The van der Waals surface area contributed by atoms with Crippen molar-refractivity contribution in [1.82, 2.24) is 14.8 Å². The second-order valence-corrected chi connectivity index (χ2v) is 4.66. The van der Waals surface area contributed by atoms with Crippen LogP contribution in [0.4, 0.5) is 4.39 Å². The number of aryl methyl sites for hydroxylation is 1. The molecule has 0 aliphatic rings. The molecular formula is C13H12FN3OS. The third-order valence-corrected chi connectivity index (χ3v) is 3.47. The first-order valence-electron chi connectivity index (χ1n) is 5.55. The van der Waals surface area contributed by atoms with Crippen molar-refractivity contribution in [3.63, 3.8) is 0 Å². The summed E-state index contributed by atoms with van der Waals surface area (Å²) < 4.78 is 15.5. The Morgan fingerprint density at radius 2 is 2.32 bits per heavy atom. The highest BCUT2D eigenvalue weighted by atomic mass is 32.2. The first kappa shape index (κ1) is 13.6. The predicted molar refractivity (Wildman–Crippen MR) is 70.9 cm³/mol. The van der Waals surface area contributed by atoms with Gasteiger partial charge in [-0.3, -0.25) is 0 Å². The smallest absolute Gasteiger partial charge is 0.186 e. The second kappa shape index (κ2) is 6.36.